The number of hydrogen-bond donors (Lipinski definition) is 1. The van der Waals surface area contributed by atoms with Gasteiger partial charge in [0.1, 0.15) is 0 Å². The van der Waals surface area contributed by atoms with Crippen LogP contribution < -0.4 is 0 Å². The Labute approximate surface area is 229 Å². The molecule has 0 spiro atoms. The molecular formula is C29H60O7Si. The Hall–Kier alpha value is -0.513. The number of hydrogen-bond acceptors (Lipinski definition) is 6. The number of carbonyl (C=O) groups is 1. The van der Waals surface area contributed by atoms with Gasteiger partial charge in [-0.15, -0.1) is 0 Å². The van der Waals surface area contributed by atoms with Crippen molar-refractivity contribution in [2.24, 2.45) is 0 Å². The molecular weight excluding hydrogens is 488 g/mol. The maximum absolute atomic E-state index is 10.5. The van der Waals surface area contributed by atoms with Gasteiger partial charge in [-0.1, -0.05) is 83.5 Å². The van der Waals surface area contributed by atoms with Crippen molar-refractivity contribution >= 4 is 14.8 Å². The van der Waals surface area contributed by atoms with E-state index < -0.39 is 14.8 Å². The molecule has 0 saturated heterocycles. The Morgan fingerprint density at radius 1 is 0.595 bits per heavy atom. The summed E-state index contributed by atoms with van der Waals surface area (Å²) in [4.78, 5) is 10.5. The third-order valence-electron chi connectivity index (χ3n) is 6.46. The molecule has 0 aromatic carbocycles. The minimum absolute atomic E-state index is 0.181. The van der Waals surface area contributed by atoms with Gasteiger partial charge in [-0.2, -0.15) is 0 Å². The third kappa shape index (κ3) is 24.3. The molecule has 0 saturated carbocycles. The fourth-order valence-corrected chi connectivity index (χ4v) is 7.09. The molecule has 0 aliphatic carbocycles. The largest absolute Gasteiger partial charge is 0.501 e. The van der Waals surface area contributed by atoms with Gasteiger partial charge in [-0.25, -0.2) is 0 Å². The number of rotatable bonds is 30. The zero-order chi connectivity index (χ0) is 27.5. The van der Waals surface area contributed by atoms with Crippen molar-refractivity contribution in [3.63, 3.8) is 0 Å². The molecule has 0 fully saturated rings. The van der Waals surface area contributed by atoms with Gasteiger partial charge in [0.15, 0.2) is 6.29 Å². The average molecular weight is 549 g/mol. The fourth-order valence-electron chi connectivity index (χ4n) is 4.51. The van der Waals surface area contributed by atoms with E-state index in [4.69, 9.17) is 27.9 Å². The van der Waals surface area contributed by atoms with Gasteiger partial charge in [0.25, 0.3) is 0 Å². The van der Waals surface area contributed by atoms with Crippen LogP contribution >= 0.6 is 0 Å². The highest BCUT2D eigenvalue weighted by Crippen LogP contribution is 2.19. The first-order valence-electron chi connectivity index (χ1n) is 15.4. The fraction of sp³-hybridized carbons (Fsp3) is 0.966. The molecule has 0 aromatic rings. The summed E-state index contributed by atoms with van der Waals surface area (Å²) >= 11 is 0. The Morgan fingerprint density at radius 3 is 1.32 bits per heavy atom. The Kier molecular flexibility index (Phi) is 26.7. The lowest BCUT2D eigenvalue weighted by Gasteiger charge is -2.28. The number of aliphatic carboxylic acids is 1. The van der Waals surface area contributed by atoms with Crippen molar-refractivity contribution in [2.45, 2.75) is 149 Å². The van der Waals surface area contributed by atoms with Crippen LogP contribution in [-0.4, -0.2) is 59.2 Å². The van der Waals surface area contributed by atoms with Gasteiger partial charge < -0.3 is 27.9 Å². The average Bonchev–Trinajstić information content (AvgIpc) is 2.86. The molecule has 222 valence electrons. The van der Waals surface area contributed by atoms with Crippen LogP contribution in [0.2, 0.25) is 6.04 Å². The smallest absolute Gasteiger partial charge is 0.481 e. The number of unbranched alkanes of at least 4 members (excludes halogenated alkanes) is 14. The zero-order valence-corrected chi connectivity index (χ0v) is 25.7. The molecule has 0 bridgehead atoms. The first kappa shape index (κ1) is 36.5. The standard InChI is InChI=1S/C29H60O7Si/c1-5-34-37(35-6-2,36-7-3)27-23-26-33-28(4)32-25-22-20-18-16-14-12-10-8-9-11-13-15-17-19-21-24-29(30)31/h28H,5-27H2,1-4H3,(H,30,31). The Bertz CT molecular complexity index is 476. The van der Waals surface area contributed by atoms with Crippen LogP contribution in [0, 0.1) is 0 Å². The summed E-state index contributed by atoms with van der Waals surface area (Å²) in [6.45, 7) is 11.1. The predicted molar refractivity (Wildman–Crippen MR) is 153 cm³/mol. The lowest BCUT2D eigenvalue weighted by Crippen LogP contribution is -2.46. The van der Waals surface area contributed by atoms with Crippen LogP contribution in [-0.2, 0) is 27.5 Å². The summed E-state index contributed by atoms with van der Waals surface area (Å²) in [6, 6.07) is 0.771. The molecule has 1 unspecified atom stereocenters. The lowest BCUT2D eigenvalue weighted by molar-refractivity contribution is -0.137. The maximum atomic E-state index is 10.5. The second-order valence-corrected chi connectivity index (χ2v) is 12.6. The van der Waals surface area contributed by atoms with Crippen molar-refractivity contribution in [1.29, 1.82) is 0 Å². The van der Waals surface area contributed by atoms with E-state index in [2.05, 4.69) is 0 Å². The number of ether oxygens (including phenoxy) is 2. The number of carboxylic acids is 1. The van der Waals surface area contributed by atoms with Crippen LogP contribution in [0.25, 0.3) is 0 Å². The molecule has 0 aliphatic rings. The number of carboxylic acid groups (broad SMARTS) is 1. The van der Waals surface area contributed by atoms with Gasteiger partial charge in [0.05, 0.1) is 0 Å². The van der Waals surface area contributed by atoms with Gasteiger partial charge in [-0.3, -0.25) is 4.79 Å². The van der Waals surface area contributed by atoms with Crippen molar-refractivity contribution in [1.82, 2.24) is 0 Å². The third-order valence-corrected chi connectivity index (χ3v) is 9.61. The van der Waals surface area contributed by atoms with E-state index in [1.54, 1.807) is 0 Å². The summed E-state index contributed by atoms with van der Waals surface area (Å²) in [6.07, 6.45) is 19.7. The van der Waals surface area contributed by atoms with Crippen molar-refractivity contribution < 1.29 is 32.7 Å². The normalized spacial score (nSPS) is 12.8. The Balaban J connectivity index is 3.45. The molecule has 1 N–H and O–H groups in total. The monoisotopic (exact) mass is 548 g/mol. The second kappa shape index (κ2) is 27.1. The quantitative estimate of drug-likeness (QED) is 0.0551. The summed E-state index contributed by atoms with van der Waals surface area (Å²) in [7, 11) is -2.57. The summed E-state index contributed by atoms with van der Waals surface area (Å²) in [5.74, 6) is -0.667. The van der Waals surface area contributed by atoms with E-state index in [0.717, 1.165) is 38.3 Å². The molecule has 0 rings (SSSR count). The molecule has 7 nitrogen and oxygen atoms in total. The van der Waals surface area contributed by atoms with Crippen LogP contribution in [0.3, 0.4) is 0 Å². The molecule has 8 heteroatoms. The van der Waals surface area contributed by atoms with Crippen molar-refractivity contribution in [3.05, 3.63) is 0 Å². The van der Waals surface area contributed by atoms with Gasteiger partial charge >= 0.3 is 14.8 Å². The molecule has 0 aromatic heterocycles. The summed E-state index contributed by atoms with van der Waals surface area (Å²) in [5.41, 5.74) is 0. The molecule has 37 heavy (non-hydrogen) atoms. The van der Waals surface area contributed by atoms with Gasteiger partial charge in [0.2, 0.25) is 0 Å². The van der Waals surface area contributed by atoms with E-state index in [9.17, 15) is 4.79 Å². The second-order valence-electron chi connectivity index (χ2n) is 9.84. The van der Waals surface area contributed by atoms with E-state index in [-0.39, 0.29) is 6.29 Å². The van der Waals surface area contributed by atoms with Crippen molar-refractivity contribution in [3.8, 4) is 0 Å². The topological polar surface area (TPSA) is 83.5 Å². The molecule has 1 atom stereocenters. The Morgan fingerprint density at radius 2 is 0.946 bits per heavy atom. The van der Waals surface area contributed by atoms with Crippen LogP contribution in [0.15, 0.2) is 0 Å². The molecule has 0 aliphatic heterocycles. The van der Waals surface area contributed by atoms with Crippen LogP contribution in [0.4, 0.5) is 0 Å². The first-order chi connectivity index (χ1) is 18.0. The zero-order valence-electron chi connectivity index (χ0n) is 24.7. The lowest BCUT2D eigenvalue weighted by atomic mass is 10.0. The molecule has 0 radical (unpaired) electrons. The van der Waals surface area contributed by atoms with Gasteiger partial charge in [-0.05, 0) is 47.0 Å². The van der Waals surface area contributed by atoms with E-state index in [1.165, 1.54) is 77.0 Å². The molecule has 0 amide bonds. The predicted octanol–water partition coefficient (Wildman–Crippen LogP) is 8.13. The van der Waals surface area contributed by atoms with Crippen molar-refractivity contribution in [2.75, 3.05) is 33.0 Å². The first-order valence-corrected chi connectivity index (χ1v) is 17.3. The van der Waals surface area contributed by atoms with Crippen LogP contribution in [0.5, 0.6) is 0 Å². The summed E-state index contributed by atoms with van der Waals surface area (Å²) in [5, 5.41) is 8.62. The maximum Gasteiger partial charge on any atom is 0.501 e. The highest BCUT2D eigenvalue weighted by atomic mass is 28.4. The minimum Gasteiger partial charge on any atom is -0.481 e. The van der Waals surface area contributed by atoms with E-state index in [0.29, 0.717) is 32.8 Å². The van der Waals surface area contributed by atoms with Crippen LogP contribution in [0.1, 0.15) is 137 Å². The highest BCUT2D eigenvalue weighted by molar-refractivity contribution is 6.60. The summed E-state index contributed by atoms with van der Waals surface area (Å²) < 4.78 is 29.3. The SMILES string of the molecule is CCO[Si](CCCOC(C)OCCCCCCCCCCCCCCCCCC(=O)O)(OCC)OCC. The highest BCUT2D eigenvalue weighted by Gasteiger charge is 2.39. The van der Waals surface area contributed by atoms with Gasteiger partial charge in [0, 0.05) is 45.5 Å². The van der Waals surface area contributed by atoms with E-state index >= 15 is 0 Å². The minimum atomic E-state index is -2.57. The van der Waals surface area contributed by atoms with E-state index in [1.807, 2.05) is 27.7 Å². The molecule has 0 heterocycles.